The molecule has 1 atom stereocenters. The third-order valence-electron chi connectivity index (χ3n) is 5.44. The molecule has 0 saturated carbocycles. The molecule has 12 heteroatoms. The van der Waals surface area contributed by atoms with Gasteiger partial charge in [0.25, 0.3) is 11.1 Å². The number of ether oxygens (including phenoxy) is 1. The van der Waals surface area contributed by atoms with Crippen LogP contribution in [0.15, 0.2) is 31.3 Å². The van der Waals surface area contributed by atoms with Gasteiger partial charge in [-0.25, -0.2) is 9.59 Å². The average molecular weight is 467 g/mol. The second kappa shape index (κ2) is 6.89. The summed E-state index contributed by atoms with van der Waals surface area (Å²) in [6.07, 6.45) is 0. The number of aromatic nitrogens is 4. The van der Waals surface area contributed by atoms with Crippen LogP contribution in [-0.4, -0.2) is 23.4 Å². The number of hydrogen-bond acceptors (Lipinski definition) is 6. The van der Waals surface area contributed by atoms with Crippen LogP contribution in [0.4, 0.5) is 0 Å². The number of hydrogen-bond donors (Lipinski definition) is 1. The Balaban J connectivity index is 2.28. The van der Waals surface area contributed by atoms with E-state index in [0.29, 0.717) is 0 Å². The molecular weight excluding hydrogens is 451 g/mol. The number of halogens is 2. The Hall–Kier alpha value is -3.24. The SMILES string of the molecule is Cn1c(O)c(C2c3cc(Cl)cc(Cl)c3Oc3c2c(=O)n(C)c(=O)n3C)c(=O)n(C)c1=O. The fourth-order valence-electron chi connectivity index (χ4n) is 3.79. The first-order chi connectivity index (χ1) is 14.5. The molecular formula is C19H16Cl2N4O6. The summed E-state index contributed by atoms with van der Waals surface area (Å²) < 4.78 is 9.47. The molecule has 31 heavy (non-hydrogen) atoms. The first kappa shape index (κ1) is 21.0. The van der Waals surface area contributed by atoms with Gasteiger partial charge in [0.15, 0.2) is 5.75 Å². The summed E-state index contributed by atoms with van der Waals surface area (Å²) in [5, 5.41) is 11.0. The molecule has 1 aromatic carbocycles. The van der Waals surface area contributed by atoms with Crippen LogP contribution in [0, 0.1) is 0 Å². The van der Waals surface area contributed by atoms with Crippen molar-refractivity contribution < 1.29 is 9.84 Å². The van der Waals surface area contributed by atoms with Crippen molar-refractivity contribution in [1.29, 1.82) is 0 Å². The van der Waals surface area contributed by atoms with Crippen LogP contribution in [0.5, 0.6) is 17.5 Å². The van der Waals surface area contributed by atoms with E-state index >= 15 is 0 Å². The molecule has 0 amide bonds. The van der Waals surface area contributed by atoms with Gasteiger partial charge in [-0.2, -0.15) is 0 Å². The summed E-state index contributed by atoms with van der Waals surface area (Å²) >= 11 is 12.5. The van der Waals surface area contributed by atoms with Gasteiger partial charge in [0.2, 0.25) is 11.8 Å². The molecule has 10 nitrogen and oxygen atoms in total. The zero-order valence-corrected chi connectivity index (χ0v) is 18.3. The topological polar surface area (TPSA) is 117 Å². The van der Waals surface area contributed by atoms with Crippen LogP contribution < -0.4 is 27.2 Å². The van der Waals surface area contributed by atoms with Crippen molar-refractivity contribution in [3.63, 3.8) is 0 Å². The van der Waals surface area contributed by atoms with Gasteiger partial charge in [-0.05, 0) is 12.1 Å². The number of fused-ring (bicyclic) bond motifs is 2. The Labute approximate surface area is 183 Å². The minimum Gasteiger partial charge on any atom is -0.494 e. The van der Waals surface area contributed by atoms with E-state index in [-0.39, 0.29) is 38.4 Å². The van der Waals surface area contributed by atoms with Gasteiger partial charge >= 0.3 is 11.4 Å². The van der Waals surface area contributed by atoms with Gasteiger partial charge in [-0.15, -0.1) is 0 Å². The molecule has 0 radical (unpaired) electrons. The zero-order chi connectivity index (χ0) is 22.9. The van der Waals surface area contributed by atoms with Crippen LogP contribution in [-0.2, 0) is 28.2 Å². The van der Waals surface area contributed by atoms with E-state index in [4.69, 9.17) is 27.9 Å². The Kier molecular flexibility index (Phi) is 4.67. The second-order valence-electron chi connectivity index (χ2n) is 7.21. The van der Waals surface area contributed by atoms with Crippen molar-refractivity contribution in [1.82, 2.24) is 18.3 Å². The summed E-state index contributed by atoms with van der Waals surface area (Å²) in [4.78, 5) is 51.0. The minimum atomic E-state index is -1.22. The third-order valence-corrected chi connectivity index (χ3v) is 5.93. The van der Waals surface area contributed by atoms with Gasteiger partial charge < -0.3 is 9.84 Å². The fraction of sp³-hybridized carbons (Fsp3) is 0.263. The molecule has 0 fully saturated rings. The Morgan fingerprint density at radius 2 is 1.39 bits per heavy atom. The highest BCUT2D eigenvalue weighted by Gasteiger charge is 2.39. The second-order valence-corrected chi connectivity index (χ2v) is 8.05. The number of benzene rings is 1. The van der Waals surface area contributed by atoms with E-state index in [9.17, 15) is 24.3 Å². The van der Waals surface area contributed by atoms with E-state index in [0.717, 1.165) is 18.3 Å². The molecule has 1 aliphatic heterocycles. The lowest BCUT2D eigenvalue weighted by Gasteiger charge is -2.30. The first-order valence-corrected chi connectivity index (χ1v) is 9.68. The van der Waals surface area contributed by atoms with Crippen molar-refractivity contribution in [3.05, 3.63) is 80.5 Å². The van der Waals surface area contributed by atoms with E-state index < -0.39 is 34.3 Å². The quantitative estimate of drug-likeness (QED) is 0.442. The highest BCUT2D eigenvalue weighted by molar-refractivity contribution is 6.35. The molecule has 4 rings (SSSR count). The predicted octanol–water partition coefficient (Wildman–Crippen LogP) is 0.780. The van der Waals surface area contributed by atoms with Crippen molar-refractivity contribution >= 4 is 23.2 Å². The number of aromatic hydroxyl groups is 1. The van der Waals surface area contributed by atoms with Crippen molar-refractivity contribution in [2.45, 2.75) is 5.92 Å². The van der Waals surface area contributed by atoms with E-state index in [1.165, 1.54) is 40.3 Å². The van der Waals surface area contributed by atoms with E-state index in [1.54, 1.807) is 0 Å². The third kappa shape index (κ3) is 2.78. The molecule has 2 aromatic heterocycles. The molecule has 3 heterocycles. The maximum Gasteiger partial charge on any atom is 0.333 e. The summed E-state index contributed by atoms with van der Waals surface area (Å²) in [5.74, 6) is -1.91. The van der Waals surface area contributed by atoms with Gasteiger partial charge in [-0.1, -0.05) is 23.2 Å². The zero-order valence-electron chi connectivity index (χ0n) is 16.8. The molecule has 1 unspecified atom stereocenters. The molecule has 0 saturated heterocycles. The van der Waals surface area contributed by atoms with E-state index in [1.807, 2.05) is 0 Å². The molecule has 0 aliphatic carbocycles. The Bertz CT molecular complexity index is 1500. The van der Waals surface area contributed by atoms with E-state index in [2.05, 4.69) is 0 Å². The normalized spacial score (nSPS) is 14.7. The Morgan fingerprint density at radius 1 is 0.839 bits per heavy atom. The molecule has 1 aliphatic rings. The average Bonchev–Trinajstić information content (AvgIpc) is 2.73. The van der Waals surface area contributed by atoms with Crippen LogP contribution in [0.25, 0.3) is 0 Å². The van der Waals surface area contributed by atoms with Crippen LogP contribution in [0.3, 0.4) is 0 Å². The molecule has 162 valence electrons. The van der Waals surface area contributed by atoms with Crippen LogP contribution >= 0.6 is 23.2 Å². The summed E-state index contributed by atoms with van der Waals surface area (Å²) in [6.45, 7) is 0. The highest BCUT2D eigenvalue weighted by Crippen LogP contribution is 2.49. The fourth-order valence-corrected chi connectivity index (χ4v) is 4.34. The predicted molar refractivity (Wildman–Crippen MR) is 113 cm³/mol. The lowest BCUT2D eigenvalue weighted by Crippen LogP contribution is -2.44. The first-order valence-electron chi connectivity index (χ1n) is 8.92. The lowest BCUT2D eigenvalue weighted by molar-refractivity contribution is 0.381. The van der Waals surface area contributed by atoms with Gasteiger partial charge in [0, 0.05) is 38.8 Å². The maximum absolute atomic E-state index is 13.2. The number of nitrogens with zero attached hydrogens (tertiary/aromatic N) is 4. The monoisotopic (exact) mass is 466 g/mol. The molecule has 3 aromatic rings. The summed E-state index contributed by atoms with van der Waals surface area (Å²) in [5.41, 5.74) is -3.08. The van der Waals surface area contributed by atoms with Crippen LogP contribution in [0.2, 0.25) is 10.0 Å². The molecule has 0 bridgehead atoms. The van der Waals surface area contributed by atoms with Crippen molar-refractivity contribution in [3.8, 4) is 17.5 Å². The Morgan fingerprint density at radius 3 is 2.00 bits per heavy atom. The largest absolute Gasteiger partial charge is 0.494 e. The summed E-state index contributed by atoms with van der Waals surface area (Å²) in [6, 6.07) is 2.85. The van der Waals surface area contributed by atoms with Gasteiger partial charge in [-0.3, -0.25) is 27.9 Å². The lowest BCUT2D eigenvalue weighted by atomic mass is 9.84. The minimum absolute atomic E-state index is 0.0714. The smallest absolute Gasteiger partial charge is 0.333 e. The standard InChI is InChI=1S/C19H16Cl2N4O6/c1-22-14(26)11(15(27)23(2)18(22)29)10-8-5-7(20)6-9(21)13(8)31-17-12(10)16(28)24(3)19(30)25(17)4/h5-6,10,26H,1-4H3. The van der Waals surface area contributed by atoms with Gasteiger partial charge in [0.05, 0.1) is 22.1 Å². The number of rotatable bonds is 1. The van der Waals surface area contributed by atoms with Crippen LogP contribution in [0.1, 0.15) is 22.6 Å². The maximum atomic E-state index is 13.2. The summed E-state index contributed by atoms with van der Waals surface area (Å²) in [7, 11) is 5.20. The van der Waals surface area contributed by atoms with Crippen molar-refractivity contribution in [2.75, 3.05) is 0 Å². The highest BCUT2D eigenvalue weighted by atomic mass is 35.5. The van der Waals surface area contributed by atoms with Gasteiger partial charge in [0.1, 0.15) is 0 Å². The molecule has 1 N–H and O–H groups in total. The van der Waals surface area contributed by atoms with Crippen molar-refractivity contribution in [2.24, 2.45) is 28.2 Å². The molecule has 0 spiro atoms.